The molecule has 0 saturated carbocycles. The largest absolute Gasteiger partial charge is 0.366 e. The van der Waals surface area contributed by atoms with Gasteiger partial charge in [0.15, 0.2) is 10.9 Å². The fourth-order valence-corrected chi connectivity index (χ4v) is 4.53. The lowest BCUT2D eigenvalue weighted by atomic mass is 9.94. The molecule has 20 heavy (non-hydrogen) atoms. The van der Waals surface area contributed by atoms with Crippen molar-refractivity contribution in [2.75, 3.05) is 13.1 Å². The van der Waals surface area contributed by atoms with Crippen LogP contribution in [0.3, 0.4) is 0 Å². The van der Waals surface area contributed by atoms with E-state index in [1.54, 1.807) is 11.8 Å². The highest BCUT2D eigenvalue weighted by atomic mass is 35.5. The maximum Gasteiger partial charge on any atom is 0.178 e. The van der Waals surface area contributed by atoms with E-state index in [4.69, 9.17) is 11.6 Å². The van der Waals surface area contributed by atoms with E-state index in [-0.39, 0.29) is 5.25 Å². The molecule has 2 aliphatic heterocycles. The minimum absolute atomic E-state index is 0.141. The topological polar surface area (TPSA) is 35.8 Å². The SMILES string of the molecule is CCCC[C@@H]1SC2=NCCN2[C@]1(O)c1ccc(Cl)cc1. The molecule has 2 heterocycles. The van der Waals surface area contributed by atoms with Crippen LogP contribution < -0.4 is 0 Å². The van der Waals surface area contributed by atoms with Crippen molar-refractivity contribution in [2.45, 2.75) is 37.2 Å². The Bertz CT molecular complexity index is 519. The minimum atomic E-state index is -0.945. The van der Waals surface area contributed by atoms with Gasteiger partial charge >= 0.3 is 0 Å². The van der Waals surface area contributed by atoms with Gasteiger partial charge in [0.05, 0.1) is 11.8 Å². The maximum absolute atomic E-state index is 11.4. The average molecular weight is 311 g/mol. The van der Waals surface area contributed by atoms with Gasteiger partial charge in [-0.15, -0.1) is 0 Å². The number of amidine groups is 1. The smallest absolute Gasteiger partial charge is 0.178 e. The van der Waals surface area contributed by atoms with Crippen molar-refractivity contribution in [3.8, 4) is 0 Å². The summed E-state index contributed by atoms with van der Waals surface area (Å²) in [5.74, 6) is 0. The molecule has 3 nitrogen and oxygen atoms in total. The Morgan fingerprint density at radius 1 is 1.45 bits per heavy atom. The predicted molar refractivity (Wildman–Crippen MR) is 85.3 cm³/mol. The van der Waals surface area contributed by atoms with Crippen LogP contribution in [-0.2, 0) is 5.72 Å². The van der Waals surface area contributed by atoms with Gasteiger partial charge < -0.3 is 10.0 Å². The summed E-state index contributed by atoms with van der Waals surface area (Å²) >= 11 is 7.69. The number of thioether (sulfide) groups is 1. The molecule has 0 radical (unpaired) electrons. The number of rotatable bonds is 4. The number of hydrogen-bond acceptors (Lipinski definition) is 4. The van der Waals surface area contributed by atoms with E-state index < -0.39 is 5.72 Å². The van der Waals surface area contributed by atoms with Crippen LogP contribution in [0.15, 0.2) is 29.3 Å². The molecule has 0 aromatic heterocycles. The molecule has 0 aliphatic carbocycles. The van der Waals surface area contributed by atoms with Crippen molar-refractivity contribution >= 4 is 28.5 Å². The van der Waals surface area contributed by atoms with Crippen molar-refractivity contribution in [3.05, 3.63) is 34.9 Å². The first-order chi connectivity index (χ1) is 9.66. The third-order valence-corrected chi connectivity index (χ3v) is 5.66. The van der Waals surface area contributed by atoms with Gasteiger partial charge in [-0.25, -0.2) is 0 Å². The Balaban J connectivity index is 1.96. The summed E-state index contributed by atoms with van der Waals surface area (Å²) in [6.45, 7) is 3.75. The normalized spacial score (nSPS) is 28.6. The molecule has 2 aliphatic rings. The Labute approximate surface area is 129 Å². The zero-order valence-corrected chi connectivity index (χ0v) is 13.1. The van der Waals surface area contributed by atoms with Crippen LogP contribution in [0, 0.1) is 0 Å². The maximum atomic E-state index is 11.4. The monoisotopic (exact) mass is 310 g/mol. The summed E-state index contributed by atoms with van der Waals surface area (Å²) < 4.78 is 0. The average Bonchev–Trinajstić information content (AvgIpc) is 3.00. The van der Waals surface area contributed by atoms with E-state index in [0.29, 0.717) is 5.02 Å². The zero-order valence-electron chi connectivity index (χ0n) is 11.6. The third kappa shape index (κ3) is 2.24. The molecule has 2 atom stereocenters. The van der Waals surface area contributed by atoms with Crippen LogP contribution in [0.1, 0.15) is 31.7 Å². The fraction of sp³-hybridized carbons (Fsp3) is 0.533. The number of nitrogens with zero attached hydrogens (tertiary/aromatic N) is 2. The summed E-state index contributed by atoms with van der Waals surface area (Å²) in [7, 11) is 0. The highest BCUT2D eigenvalue weighted by molar-refractivity contribution is 8.14. The van der Waals surface area contributed by atoms with Crippen LogP contribution in [0.25, 0.3) is 0 Å². The van der Waals surface area contributed by atoms with Crippen LogP contribution in [0.2, 0.25) is 5.02 Å². The number of halogens is 1. The zero-order chi connectivity index (χ0) is 14.2. The number of aliphatic imine (C=N–C) groups is 1. The van der Waals surface area contributed by atoms with Gasteiger partial charge in [-0.1, -0.05) is 55.3 Å². The first-order valence-electron chi connectivity index (χ1n) is 7.13. The highest BCUT2D eigenvalue weighted by Crippen LogP contribution is 2.48. The second-order valence-electron chi connectivity index (χ2n) is 5.30. The first kappa shape index (κ1) is 14.2. The van der Waals surface area contributed by atoms with Crippen molar-refractivity contribution in [2.24, 2.45) is 4.99 Å². The molecule has 1 N–H and O–H groups in total. The molecule has 1 aromatic carbocycles. The molecular weight excluding hydrogens is 292 g/mol. The molecule has 0 amide bonds. The van der Waals surface area contributed by atoms with E-state index in [1.807, 2.05) is 24.3 Å². The van der Waals surface area contributed by atoms with E-state index in [1.165, 1.54) is 0 Å². The second-order valence-corrected chi connectivity index (χ2v) is 6.90. The van der Waals surface area contributed by atoms with Crippen molar-refractivity contribution in [1.82, 2.24) is 4.90 Å². The fourth-order valence-electron chi connectivity index (χ4n) is 2.91. The Morgan fingerprint density at radius 3 is 2.90 bits per heavy atom. The molecule has 1 aromatic rings. The lowest BCUT2D eigenvalue weighted by Crippen LogP contribution is -2.47. The Kier molecular flexibility index (Phi) is 3.98. The lowest BCUT2D eigenvalue weighted by Gasteiger charge is -2.36. The third-order valence-electron chi connectivity index (χ3n) is 4.00. The van der Waals surface area contributed by atoms with Gasteiger partial charge in [0.25, 0.3) is 0 Å². The summed E-state index contributed by atoms with van der Waals surface area (Å²) in [6, 6.07) is 7.56. The summed E-state index contributed by atoms with van der Waals surface area (Å²) in [4.78, 5) is 6.57. The van der Waals surface area contributed by atoms with Crippen molar-refractivity contribution in [1.29, 1.82) is 0 Å². The van der Waals surface area contributed by atoms with Gasteiger partial charge in [-0.3, -0.25) is 4.99 Å². The summed E-state index contributed by atoms with van der Waals surface area (Å²) in [5.41, 5.74) is -0.0256. The summed E-state index contributed by atoms with van der Waals surface area (Å²) in [5, 5.41) is 13.2. The standard InChI is InChI=1S/C15H19ClN2OS/c1-2-3-4-13-15(19,11-5-7-12(16)8-6-11)18-10-9-17-14(18)20-13/h5-8,13,19H,2-4,9-10H2,1H3/t13-,15-/m0/s1. The number of unbranched alkanes of at least 4 members (excludes halogenated alkanes) is 1. The Hall–Kier alpha value is -0.710. The van der Waals surface area contributed by atoms with Gasteiger partial charge in [0, 0.05) is 17.1 Å². The van der Waals surface area contributed by atoms with Gasteiger partial charge in [-0.2, -0.15) is 0 Å². The molecular formula is C15H19ClN2OS. The van der Waals surface area contributed by atoms with E-state index in [2.05, 4.69) is 16.8 Å². The van der Waals surface area contributed by atoms with Gasteiger partial charge in [0.1, 0.15) is 0 Å². The number of aliphatic hydroxyl groups is 1. The molecule has 0 spiro atoms. The molecule has 108 valence electrons. The molecule has 5 heteroatoms. The van der Waals surface area contributed by atoms with Crippen molar-refractivity contribution < 1.29 is 5.11 Å². The molecule has 0 bridgehead atoms. The van der Waals surface area contributed by atoms with Crippen LogP contribution >= 0.6 is 23.4 Å². The minimum Gasteiger partial charge on any atom is -0.366 e. The Morgan fingerprint density at radius 2 is 2.20 bits per heavy atom. The predicted octanol–water partition coefficient (Wildman–Crippen LogP) is 3.46. The van der Waals surface area contributed by atoms with E-state index >= 15 is 0 Å². The molecule has 3 rings (SSSR count). The van der Waals surface area contributed by atoms with Crippen LogP contribution in [-0.4, -0.2) is 33.5 Å². The quantitative estimate of drug-likeness (QED) is 0.925. The van der Waals surface area contributed by atoms with Crippen LogP contribution in [0.4, 0.5) is 0 Å². The molecule has 1 saturated heterocycles. The van der Waals surface area contributed by atoms with Crippen LogP contribution in [0.5, 0.6) is 0 Å². The van der Waals surface area contributed by atoms with Gasteiger partial charge in [-0.05, 0) is 18.6 Å². The highest BCUT2D eigenvalue weighted by Gasteiger charge is 2.53. The lowest BCUT2D eigenvalue weighted by molar-refractivity contribution is -0.0674. The number of benzene rings is 1. The summed E-state index contributed by atoms with van der Waals surface area (Å²) in [6.07, 6.45) is 3.25. The number of hydrogen-bond donors (Lipinski definition) is 1. The van der Waals surface area contributed by atoms with Crippen molar-refractivity contribution in [3.63, 3.8) is 0 Å². The second kappa shape index (κ2) is 5.58. The van der Waals surface area contributed by atoms with E-state index in [0.717, 1.165) is 43.1 Å². The molecule has 0 unspecified atom stereocenters. The molecule has 1 fully saturated rings. The van der Waals surface area contributed by atoms with Gasteiger partial charge in [0.2, 0.25) is 0 Å². The van der Waals surface area contributed by atoms with E-state index in [9.17, 15) is 5.11 Å². The first-order valence-corrected chi connectivity index (χ1v) is 8.39. The number of fused-ring (bicyclic) bond motifs is 1.